The van der Waals surface area contributed by atoms with Crippen LogP contribution in [0.1, 0.15) is 12.0 Å². The molecule has 0 saturated carbocycles. The molecule has 1 fully saturated rings. The molecule has 4 nitrogen and oxygen atoms in total. The number of rotatable bonds is 9. The minimum atomic E-state index is -4.55. The molecule has 2 atom stereocenters. The number of benzene rings is 5. The largest absolute Gasteiger partial charge is 0.336 e. The maximum absolute atomic E-state index is 13.4. The highest BCUT2D eigenvalue weighted by atomic mass is 32.2. The maximum Gasteiger partial charge on any atom is 0.336 e. The van der Waals surface area contributed by atoms with Crippen LogP contribution in [0.5, 0.6) is 0 Å². The van der Waals surface area contributed by atoms with Crippen molar-refractivity contribution in [3.63, 3.8) is 0 Å². The van der Waals surface area contributed by atoms with Crippen molar-refractivity contribution < 1.29 is 13.0 Å². The van der Waals surface area contributed by atoms with Gasteiger partial charge >= 0.3 is 10.3 Å². The normalized spacial score (nSPS) is 19.4. The summed E-state index contributed by atoms with van der Waals surface area (Å²) in [5, 5.41) is 4.77. The van der Waals surface area contributed by atoms with Gasteiger partial charge in [0.15, 0.2) is 0 Å². The molecule has 0 bridgehead atoms. The fourth-order valence-corrected chi connectivity index (χ4v) is 13.1. The Balaban J connectivity index is 1.54. The summed E-state index contributed by atoms with van der Waals surface area (Å²) in [4.78, 5) is 0. The number of nitrogens with zero attached hydrogens (tertiary/aromatic N) is 1. The van der Waals surface area contributed by atoms with Gasteiger partial charge in [-0.2, -0.15) is 12.7 Å². The van der Waals surface area contributed by atoms with E-state index in [2.05, 4.69) is 72.8 Å². The van der Waals surface area contributed by atoms with Crippen molar-refractivity contribution in [2.75, 3.05) is 12.7 Å². The van der Waals surface area contributed by atoms with E-state index < -0.39 is 31.7 Å². The van der Waals surface area contributed by atoms with Crippen molar-refractivity contribution in [3.8, 4) is 0 Å². The lowest BCUT2D eigenvalue weighted by molar-refractivity contribution is 0.248. The second-order valence-electron chi connectivity index (χ2n) is 10.6. The Morgan fingerprint density at radius 2 is 1.00 bits per heavy atom. The first-order chi connectivity index (χ1) is 20.5. The summed E-state index contributed by atoms with van der Waals surface area (Å²) in [5.41, 5.74) is -0.0167. The van der Waals surface area contributed by atoms with Crippen LogP contribution >= 0.6 is 15.8 Å². The van der Waals surface area contributed by atoms with E-state index in [9.17, 15) is 13.0 Å². The van der Waals surface area contributed by atoms with E-state index in [4.69, 9.17) is 0 Å². The Morgan fingerprint density at radius 3 is 1.40 bits per heavy atom. The molecule has 0 amide bonds. The fraction of sp³-hybridized carbons (Fsp3) is 0.143. The van der Waals surface area contributed by atoms with Gasteiger partial charge in [0.2, 0.25) is 0 Å². The molecule has 1 N–H and O–H groups in total. The molecule has 0 radical (unpaired) electrons. The molecule has 0 spiro atoms. The van der Waals surface area contributed by atoms with Crippen LogP contribution < -0.4 is 21.2 Å². The fourth-order valence-electron chi connectivity index (χ4n) is 6.21. The Bertz CT molecular complexity index is 1610. The summed E-state index contributed by atoms with van der Waals surface area (Å²) < 4.78 is 39.2. The van der Waals surface area contributed by atoms with Gasteiger partial charge in [0, 0.05) is 12.2 Å². The van der Waals surface area contributed by atoms with Gasteiger partial charge in [-0.15, -0.1) is 0 Å². The van der Waals surface area contributed by atoms with Gasteiger partial charge in [0.1, 0.15) is 0 Å². The minimum Gasteiger partial charge on any atom is -0.273 e. The molecule has 5 aromatic carbocycles. The quantitative estimate of drug-likeness (QED) is 0.164. The van der Waals surface area contributed by atoms with Crippen molar-refractivity contribution >= 4 is 47.4 Å². The molecule has 0 unspecified atom stereocenters. The molecule has 0 aliphatic carbocycles. The van der Waals surface area contributed by atoms with Crippen molar-refractivity contribution in [3.05, 3.63) is 157 Å². The molecule has 1 heterocycles. The molecule has 0 aromatic heterocycles. The molecule has 1 saturated heterocycles. The summed E-state index contributed by atoms with van der Waals surface area (Å²) in [5.74, 6) is 0. The molecule has 6 rings (SSSR count). The predicted molar refractivity (Wildman–Crippen MR) is 178 cm³/mol. The zero-order valence-corrected chi connectivity index (χ0v) is 25.8. The second-order valence-corrected chi connectivity index (χ2v) is 16.6. The highest BCUT2D eigenvalue weighted by Gasteiger charge is 2.54. The maximum atomic E-state index is 13.4. The third-order valence-corrected chi connectivity index (χ3v) is 14.5. The smallest absolute Gasteiger partial charge is 0.273 e. The van der Waals surface area contributed by atoms with Gasteiger partial charge in [-0.25, -0.2) is 0 Å². The van der Waals surface area contributed by atoms with Crippen molar-refractivity contribution in [2.45, 2.75) is 17.6 Å². The zero-order chi connectivity index (χ0) is 29.0. The van der Waals surface area contributed by atoms with Crippen LogP contribution in [0.3, 0.4) is 0 Å². The van der Waals surface area contributed by atoms with Gasteiger partial charge in [-0.3, -0.25) is 4.55 Å². The van der Waals surface area contributed by atoms with Crippen LogP contribution in [0.15, 0.2) is 152 Å². The van der Waals surface area contributed by atoms with E-state index in [0.717, 1.165) is 5.56 Å². The number of hydrogen-bond donors (Lipinski definition) is 1. The molecule has 42 heavy (non-hydrogen) atoms. The minimum absolute atomic E-state index is 0.00433. The molecule has 7 heteroatoms. The van der Waals surface area contributed by atoms with Gasteiger partial charge in [-0.05, 0) is 55.2 Å². The highest BCUT2D eigenvalue weighted by Crippen LogP contribution is 2.56. The second kappa shape index (κ2) is 12.6. The van der Waals surface area contributed by atoms with E-state index in [-0.39, 0.29) is 12.2 Å². The van der Waals surface area contributed by atoms with E-state index >= 15 is 0 Å². The molecule has 1 aliphatic rings. The third kappa shape index (κ3) is 5.99. The highest BCUT2D eigenvalue weighted by molar-refractivity contribution is 7.83. The molecular formula is C35H33NO3P2S. The average Bonchev–Trinajstić information content (AvgIpc) is 3.43. The molecule has 212 valence electrons. The van der Waals surface area contributed by atoms with E-state index in [1.54, 1.807) is 0 Å². The molecule has 5 aromatic rings. The summed E-state index contributed by atoms with van der Waals surface area (Å²) in [6, 6.07) is 51.6. The Labute approximate surface area is 251 Å². The SMILES string of the molecule is O=S(=O)(O)N1C[C@@H](P(c2ccccc2)c2ccccc2)C[C@@]1(CP(c1ccccc1)c1ccccc1)c1ccccc1. The van der Waals surface area contributed by atoms with Gasteiger partial charge in [-0.1, -0.05) is 152 Å². The van der Waals surface area contributed by atoms with E-state index in [1.807, 2.05) is 78.9 Å². The van der Waals surface area contributed by atoms with Crippen LogP contribution in [-0.4, -0.2) is 35.6 Å². The van der Waals surface area contributed by atoms with E-state index in [1.165, 1.54) is 25.5 Å². The van der Waals surface area contributed by atoms with E-state index in [0.29, 0.717) is 12.6 Å². The van der Waals surface area contributed by atoms with Crippen molar-refractivity contribution in [1.29, 1.82) is 0 Å². The monoisotopic (exact) mass is 609 g/mol. The summed E-state index contributed by atoms with van der Waals surface area (Å²) >= 11 is 0. The van der Waals surface area contributed by atoms with Crippen LogP contribution in [0, 0.1) is 0 Å². The van der Waals surface area contributed by atoms with Crippen LogP contribution in [0.4, 0.5) is 0 Å². The van der Waals surface area contributed by atoms with Crippen LogP contribution in [0.2, 0.25) is 0 Å². The first kappa shape index (κ1) is 28.9. The zero-order valence-electron chi connectivity index (χ0n) is 23.1. The predicted octanol–water partition coefficient (Wildman–Crippen LogP) is 6.02. The lowest BCUT2D eigenvalue weighted by atomic mass is 9.90. The summed E-state index contributed by atoms with van der Waals surface area (Å²) in [7, 11) is -6.43. The standard InChI is InChI=1S/C35H33NO3P2S/c37-42(38,39)36-27-34(41(32-22-12-4-13-23-32)33-24-14-5-15-25-33)26-35(36,29-16-6-1-7-17-29)28-40(30-18-8-2-9-19-30)31-20-10-3-11-21-31/h1-25,34H,26-28H2,(H,37,38,39)/t34-,35+/m0/s1. The van der Waals surface area contributed by atoms with Crippen LogP contribution in [0.25, 0.3) is 0 Å². The third-order valence-electron chi connectivity index (χ3n) is 8.01. The Kier molecular flexibility index (Phi) is 8.67. The lowest BCUT2D eigenvalue weighted by Crippen LogP contribution is -2.48. The molecule has 1 aliphatic heterocycles. The first-order valence-corrected chi connectivity index (χ1v) is 18.4. The number of hydrogen-bond acceptors (Lipinski definition) is 2. The summed E-state index contributed by atoms with van der Waals surface area (Å²) in [6.07, 6.45) is 1.16. The lowest BCUT2D eigenvalue weighted by Gasteiger charge is -2.40. The van der Waals surface area contributed by atoms with Gasteiger partial charge < -0.3 is 0 Å². The van der Waals surface area contributed by atoms with Gasteiger partial charge in [0.05, 0.1) is 5.54 Å². The van der Waals surface area contributed by atoms with Crippen molar-refractivity contribution in [2.24, 2.45) is 0 Å². The topological polar surface area (TPSA) is 57.6 Å². The average molecular weight is 610 g/mol. The first-order valence-electron chi connectivity index (χ1n) is 14.0. The molecular weight excluding hydrogens is 576 g/mol. The van der Waals surface area contributed by atoms with Crippen LogP contribution in [-0.2, 0) is 15.8 Å². The van der Waals surface area contributed by atoms with Crippen molar-refractivity contribution in [1.82, 2.24) is 4.31 Å². The Hall–Kier alpha value is -3.17. The summed E-state index contributed by atoms with van der Waals surface area (Å²) in [6.45, 7) is 0.246. The Morgan fingerprint density at radius 1 is 0.619 bits per heavy atom. The van der Waals surface area contributed by atoms with Gasteiger partial charge in [0.25, 0.3) is 0 Å².